The summed E-state index contributed by atoms with van der Waals surface area (Å²) in [5.74, 6) is -1.22. The van der Waals surface area contributed by atoms with Crippen LogP contribution in [0, 0.1) is 0 Å². The minimum Gasteiger partial charge on any atom is -0.335 e. The van der Waals surface area contributed by atoms with Gasteiger partial charge in [0, 0.05) is 12.1 Å². The zero-order valence-corrected chi connectivity index (χ0v) is 12.5. The summed E-state index contributed by atoms with van der Waals surface area (Å²) < 4.78 is 60.7. The molecule has 1 aliphatic heterocycles. The van der Waals surface area contributed by atoms with Crippen LogP contribution in [0.2, 0.25) is 0 Å². The molecular weight excluding hydrogens is 307 g/mol. The molecule has 8 heteroatoms. The third kappa shape index (κ3) is 4.59. The van der Waals surface area contributed by atoms with Gasteiger partial charge >= 0.3 is 6.18 Å². The van der Waals surface area contributed by atoms with Crippen molar-refractivity contribution in [1.82, 2.24) is 4.90 Å². The molecular formula is C13H20F3NO3S. The van der Waals surface area contributed by atoms with Crippen LogP contribution in [0.3, 0.4) is 0 Å². The van der Waals surface area contributed by atoms with E-state index in [0.29, 0.717) is 12.8 Å². The Kier molecular flexibility index (Phi) is 4.85. The largest absolute Gasteiger partial charge is 0.397 e. The van der Waals surface area contributed by atoms with Crippen molar-refractivity contribution in [2.45, 2.75) is 63.2 Å². The van der Waals surface area contributed by atoms with Crippen LogP contribution in [-0.2, 0) is 14.6 Å². The summed E-state index contributed by atoms with van der Waals surface area (Å²) >= 11 is 0. The molecule has 122 valence electrons. The van der Waals surface area contributed by atoms with Crippen molar-refractivity contribution >= 4 is 15.7 Å². The first-order chi connectivity index (χ1) is 9.68. The molecule has 1 saturated carbocycles. The van der Waals surface area contributed by atoms with Crippen LogP contribution in [0.25, 0.3) is 0 Å². The van der Waals surface area contributed by atoms with Gasteiger partial charge in [0.15, 0.2) is 9.84 Å². The molecule has 0 spiro atoms. The number of nitrogens with zero attached hydrogens (tertiary/aromatic N) is 1. The summed E-state index contributed by atoms with van der Waals surface area (Å²) in [6.45, 7) is 0. The summed E-state index contributed by atoms with van der Waals surface area (Å²) in [7, 11) is -3.23. The Morgan fingerprint density at radius 3 is 2.14 bits per heavy atom. The minimum absolute atomic E-state index is 0.0415. The molecule has 2 fully saturated rings. The SMILES string of the molecule is O=C(CC(F)(F)F)N(C1CCCCC1)[C@@H]1CCS(=O)(=O)C1. The predicted molar refractivity (Wildman–Crippen MR) is 71.4 cm³/mol. The highest BCUT2D eigenvalue weighted by Crippen LogP contribution is 2.31. The molecule has 0 aromatic carbocycles. The van der Waals surface area contributed by atoms with Crippen molar-refractivity contribution in [1.29, 1.82) is 0 Å². The lowest BCUT2D eigenvalue weighted by Crippen LogP contribution is -2.49. The number of hydrogen-bond acceptors (Lipinski definition) is 3. The normalized spacial score (nSPS) is 26.7. The van der Waals surface area contributed by atoms with Crippen LogP contribution in [0.4, 0.5) is 13.2 Å². The smallest absolute Gasteiger partial charge is 0.335 e. The molecule has 21 heavy (non-hydrogen) atoms. The Labute approximate surface area is 122 Å². The number of sulfone groups is 1. The second-order valence-corrected chi connectivity index (χ2v) is 8.17. The molecule has 0 unspecified atom stereocenters. The Hall–Kier alpha value is -0.790. The lowest BCUT2D eigenvalue weighted by Gasteiger charge is -2.38. The highest BCUT2D eigenvalue weighted by atomic mass is 32.2. The van der Waals surface area contributed by atoms with E-state index in [4.69, 9.17) is 0 Å². The molecule has 1 amide bonds. The van der Waals surface area contributed by atoms with Crippen molar-refractivity contribution in [3.8, 4) is 0 Å². The quantitative estimate of drug-likeness (QED) is 0.799. The summed E-state index contributed by atoms with van der Waals surface area (Å²) in [5.41, 5.74) is 0. The molecule has 0 N–H and O–H groups in total. The maximum Gasteiger partial charge on any atom is 0.397 e. The second kappa shape index (κ2) is 6.14. The van der Waals surface area contributed by atoms with E-state index in [9.17, 15) is 26.4 Å². The van der Waals surface area contributed by atoms with Crippen LogP contribution >= 0.6 is 0 Å². The fourth-order valence-corrected chi connectivity index (χ4v) is 5.03. The third-order valence-corrected chi connectivity index (χ3v) is 5.96. The molecule has 1 heterocycles. The first kappa shape index (κ1) is 16.6. The lowest BCUT2D eigenvalue weighted by atomic mass is 9.92. The highest BCUT2D eigenvalue weighted by Gasteiger charge is 2.42. The Bertz CT molecular complexity index is 483. The monoisotopic (exact) mass is 327 g/mol. The van der Waals surface area contributed by atoms with E-state index >= 15 is 0 Å². The van der Waals surface area contributed by atoms with Crippen molar-refractivity contribution < 1.29 is 26.4 Å². The van der Waals surface area contributed by atoms with Crippen LogP contribution in [0.1, 0.15) is 44.9 Å². The molecule has 1 saturated heterocycles. The average molecular weight is 327 g/mol. The molecule has 1 aliphatic carbocycles. The summed E-state index contributed by atoms with van der Waals surface area (Å²) in [5, 5.41) is 0. The van der Waals surface area contributed by atoms with E-state index in [1.807, 2.05) is 0 Å². The van der Waals surface area contributed by atoms with Crippen LogP contribution in [0.5, 0.6) is 0 Å². The van der Waals surface area contributed by atoms with Crippen molar-refractivity contribution in [3.63, 3.8) is 0 Å². The molecule has 2 rings (SSSR count). The fraction of sp³-hybridized carbons (Fsp3) is 0.923. The topological polar surface area (TPSA) is 54.5 Å². The maximum absolute atomic E-state index is 12.5. The standard InChI is InChI=1S/C13H20F3NO3S/c14-13(15,16)8-12(18)17(10-4-2-1-3-5-10)11-6-7-21(19,20)9-11/h10-11H,1-9H2/t11-/m1/s1. The number of alkyl halides is 3. The zero-order chi connectivity index (χ0) is 15.7. The van der Waals surface area contributed by atoms with Gasteiger partial charge in [-0.25, -0.2) is 8.42 Å². The van der Waals surface area contributed by atoms with Crippen LogP contribution in [0.15, 0.2) is 0 Å². The predicted octanol–water partition coefficient (Wildman–Crippen LogP) is 2.29. The summed E-state index contributed by atoms with van der Waals surface area (Å²) in [6, 6.07) is -0.833. The number of halogens is 3. The molecule has 1 atom stereocenters. The molecule has 0 radical (unpaired) electrons. The Morgan fingerprint density at radius 1 is 1.05 bits per heavy atom. The van der Waals surface area contributed by atoms with Gasteiger partial charge in [-0.3, -0.25) is 4.79 Å². The van der Waals surface area contributed by atoms with Gasteiger partial charge in [0.25, 0.3) is 0 Å². The Morgan fingerprint density at radius 2 is 1.67 bits per heavy atom. The van der Waals surface area contributed by atoms with Gasteiger partial charge in [0.1, 0.15) is 6.42 Å². The highest BCUT2D eigenvalue weighted by molar-refractivity contribution is 7.91. The molecule has 0 bridgehead atoms. The first-order valence-electron chi connectivity index (χ1n) is 7.26. The van der Waals surface area contributed by atoms with Crippen molar-refractivity contribution in [2.75, 3.05) is 11.5 Å². The lowest BCUT2D eigenvalue weighted by molar-refractivity contribution is -0.165. The second-order valence-electron chi connectivity index (χ2n) is 5.94. The maximum atomic E-state index is 12.5. The number of rotatable bonds is 3. The van der Waals surface area contributed by atoms with Gasteiger partial charge in [-0.05, 0) is 19.3 Å². The van der Waals surface area contributed by atoms with Crippen LogP contribution in [-0.4, -0.2) is 49.0 Å². The number of hydrogen-bond donors (Lipinski definition) is 0. The van der Waals surface area contributed by atoms with Gasteiger partial charge < -0.3 is 4.90 Å². The molecule has 4 nitrogen and oxygen atoms in total. The van der Waals surface area contributed by atoms with Gasteiger partial charge in [0.2, 0.25) is 5.91 Å². The number of amides is 1. The number of carbonyl (C=O) groups is 1. The van der Waals surface area contributed by atoms with E-state index in [0.717, 1.165) is 19.3 Å². The van der Waals surface area contributed by atoms with Gasteiger partial charge in [-0.2, -0.15) is 13.2 Å². The summed E-state index contributed by atoms with van der Waals surface area (Å²) in [4.78, 5) is 13.3. The third-order valence-electron chi connectivity index (χ3n) is 4.21. The number of carbonyl (C=O) groups excluding carboxylic acids is 1. The van der Waals surface area contributed by atoms with E-state index in [1.54, 1.807) is 0 Å². The van der Waals surface area contributed by atoms with E-state index in [1.165, 1.54) is 4.90 Å². The molecule has 2 aliphatic rings. The van der Waals surface area contributed by atoms with Crippen molar-refractivity contribution in [3.05, 3.63) is 0 Å². The van der Waals surface area contributed by atoms with E-state index in [2.05, 4.69) is 0 Å². The first-order valence-corrected chi connectivity index (χ1v) is 9.08. The Balaban J connectivity index is 2.15. The van der Waals surface area contributed by atoms with Gasteiger partial charge in [-0.1, -0.05) is 19.3 Å². The average Bonchev–Trinajstić information content (AvgIpc) is 2.69. The minimum atomic E-state index is -4.55. The van der Waals surface area contributed by atoms with Crippen molar-refractivity contribution in [2.24, 2.45) is 0 Å². The van der Waals surface area contributed by atoms with Gasteiger partial charge in [0.05, 0.1) is 11.5 Å². The van der Waals surface area contributed by atoms with E-state index in [-0.39, 0.29) is 24.0 Å². The molecule has 0 aromatic rings. The summed E-state index contributed by atoms with van der Waals surface area (Å²) in [6.07, 6.45) is -1.70. The fourth-order valence-electron chi connectivity index (χ4n) is 3.32. The van der Waals surface area contributed by atoms with E-state index < -0.39 is 34.4 Å². The van der Waals surface area contributed by atoms with Gasteiger partial charge in [-0.15, -0.1) is 0 Å². The van der Waals surface area contributed by atoms with Crippen LogP contribution < -0.4 is 0 Å². The molecule has 0 aromatic heterocycles. The zero-order valence-electron chi connectivity index (χ0n) is 11.7.